The number of piperidine rings is 1. The van der Waals surface area contributed by atoms with Crippen LogP contribution in [0.2, 0.25) is 0 Å². The van der Waals surface area contributed by atoms with E-state index in [1.165, 1.54) is 30.5 Å². The van der Waals surface area contributed by atoms with E-state index in [9.17, 15) is 14.9 Å². The second kappa shape index (κ2) is 9.47. The Morgan fingerprint density at radius 1 is 1.31 bits per heavy atom. The number of hydrogen-bond acceptors (Lipinski definition) is 6. The number of nitro benzene ring substituents is 1. The van der Waals surface area contributed by atoms with E-state index in [0.29, 0.717) is 30.0 Å². The minimum absolute atomic E-state index is 0.00843. The summed E-state index contributed by atoms with van der Waals surface area (Å²) in [6.45, 7) is 7.13. The SMILES string of the molecule is CC(C)N1CCC[C@H](CNC(=O)c2cc(Oc3ccc([N+](=O)[O-])cc3)ccn2)C1. The Morgan fingerprint density at radius 2 is 2.07 bits per heavy atom. The monoisotopic (exact) mass is 398 g/mol. The number of likely N-dealkylation sites (tertiary alicyclic amines) is 1. The lowest BCUT2D eigenvalue weighted by Gasteiger charge is -2.35. The van der Waals surface area contributed by atoms with Gasteiger partial charge in [-0.3, -0.25) is 19.9 Å². The Balaban J connectivity index is 1.57. The summed E-state index contributed by atoms with van der Waals surface area (Å²) in [5.74, 6) is 1.10. The van der Waals surface area contributed by atoms with Gasteiger partial charge in [0.15, 0.2) is 0 Å². The molecule has 8 heteroatoms. The standard InChI is InChI=1S/C21H26N4O4/c1-15(2)24-11-3-4-16(14-24)13-23-21(26)20-12-19(9-10-22-20)29-18-7-5-17(6-8-18)25(27)28/h5-10,12,15-16H,3-4,11,13-14H2,1-2H3,(H,23,26)/t16-/m1/s1. The van der Waals surface area contributed by atoms with Crippen LogP contribution in [0.5, 0.6) is 11.5 Å². The van der Waals surface area contributed by atoms with Crippen LogP contribution in [-0.4, -0.2) is 46.4 Å². The average molecular weight is 398 g/mol. The minimum Gasteiger partial charge on any atom is -0.457 e. The molecular formula is C21H26N4O4. The number of pyridine rings is 1. The van der Waals surface area contributed by atoms with E-state index in [1.54, 1.807) is 12.1 Å². The molecule has 29 heavy (non-hydrogen) atoms. The molecule has 1 atom stereocenters. The fourth-order valence-electron chi connectivity index (χ4n) is 3.43. The van der Waals surface area contributed by atoms with Gasteiger partial charge in [-0.2, -0.15) is 0 Å². The number of hydrogen-bond donors (Lipinski definition) is 1. The van der Waals surface area contributed by atoms with E-state index >= 15 is 0 Å². The first-order valence-electron chi connectivity index (χ1n) is 9.83. The van der Waals surface area contributed by atoms with Crippen molar-refractivity contribution in [3.05, 3.63) is 58.4 Å². The molecule has 0 saturated carbocycles. The number of nitro groups is 1. The molecule has 0 unspecified atom stereocenters. The maximum atomic E-state index is 12.5. The number of carbonyl (C=O) groups is 1. The molecule has 3 rings (SSSR count). The smallest absolute Gasteiger partial charge is 0.270 e. The van der Waals surface area contributed by atoms with Crippen LogP contribution in [-0.2, 0) is 0 Å². The maximum Gasteiger partial charge on any atom is 0.270 e. The molecule has 8 nitrogen and oxygen atoms in total. The Kier molecular flexibility index (Phi) is 6.77. The highest BCUT2D eigenvalue weighted by molar-refractivity contribution is 5.92. The Bertz CT molecular complexity index is 854. The first-order valence-corrected chi connectivity index (χ1v) is 9.83. The molecule has 1 N–H and O–H groups in total. The minimum atomic E-state index is -0.467. The van der Waals surface area contributed by atoms with Gasteiger partial charge in [-0.15, -0.1) is 0 Å². The quantitative estimate of drug-likeness (QED) is 0.565. The molecule has 0 radical (unpaired) electrons. The molecule has 2 aromatic rings. The summed E-state index contributed by atoms with van der Waals surface area (Å²) in [6, 6.07) is 9.49. The zero-order valence-electron chi connectivity index (χ0n) is 16.7. The molecule has 0 aliphatic carbocycles. The van der Waals surface area contributed by atoms with Crippen LogP contribution in [0.25, 0.3) is 0 Å². The topological polar surface area (TPSA) is 97.6 Å². The second-order valence-electron chi connectivity index (χ2n) is 7.54. The van der Waals surface area contributed by atoms with Crippen LogP contribution in [0.1, 0.15) is 37.2 Å². The molecular weight excluding hydrogens is 372 g/mol. The summed E-state index contributed by atoms with van der Waals surface area (Å²) >= 11 is 0. The number of benzene rings is 1. The van der Waals surface area contributed by atoms with Crippen LogP contribution < -0.4 is 10.1 Å². The van der Waals surface area contributed by atoms with Crippen molar-refractivity contribution in [1.29, 1.82) is 0 Å². The zero-order valence-corrected chi connectivity index (χ0v) is 16.7. The van der Waals surface area contributed by atoms with Crippen molar-refractivity contribution in [3.63, 3.8) is 0 Å². The van der Waals surface area contributed by atoms with Crippen LogP contribution in [0, 0.1) is 16.0 Å². The predicted molar refractivity (Wildman–Crippen MR) is 109 cm³/mol. The first-order chi connectivity index (χ1) is 13.9. The fourth-order valence-corrected chi connectivity index (χ4v) is 3.43. The summed E-state index contributed by atoms with van der Waals surface area (Å²) in [7, 11) is 0. The second-order valence-corrected chi connectivity index (χ2v) is 7.54. The molecule has 1 fully saturated rings. The van der Waals surface area contributed by atoms with E-state index in [2.05, 4.69) is 29.0 Å². The summed E-state index contributed by atoms with van der Waals surface area (Å²) in [5, 5.41) is 13.7. The van der Waals surface area contributed by atoms with E-state index < -0.39 is 4.92 Å². The van der Waals surface area contributed by atoms with E-state index in [4.69, 9.17) is 4.74 Å². The van der Waals surface area contributed by atoms with Crippen LogP contribution in [0.4, 0.5) is 5.69 Å². The third kappa shape index (κ3) is 5.74. The fraction of sp³-hybridized carbons (Fsp3) is 0.429. The number of aromatic nitrogens is 1. The highest BCUT2D eigenvalue weighted by atomic mass is 16.6. The summed E-state index contributed by atoms with van der Waals surface area (Å²) < 4.78 is 5.69. The van der Waals surface area contributed by atoms with Gasteiger partial charge in [0, 0.05) is 43.5 Å². The van der Waals surface area contributed by atoms with E-state index in [1.807, 2.05) is 0 Å². The van der Waals surface area contributed by atoms with E-state index in [-0.39, 0.29) is 17.3 Å². The van der Waals surface area contributed by atoms with Crippen molar-refractivity contribution in [2.45, 2.75) is 32.7 Å². The molecule has 0 spiro atoms. The molecule has 154 valence electrons. The van der Waals surface area contributed by atoms with Crippen molar-refractivity contribution in [2.75, 3.05) is 19.6 Å². The van der Waals surface area contributed by atoms with Crippen molar-refractivity contribution >= 4 is 11.6 Å². The van der Waals surface area contributed by atoms with Crippen molar-refractivity contribution in [1.82, 2.24) is 15.2 Å². The van der Waals surface area contributed by atoms with Gasteiger partial charge in [-0.1, -0.05) is 0 Å². The van der Waals surface area contributed by atoms with E-state index in [0.717, 1.165) is 25.9 Å². The molecule has 1 aliphatic heterocycles. The largest absolute Gasteiger partial charge is 0.457 e. The number of amides is 1. The lowest BCUT2D eigenvalue weighted by Crippen LogP contribution is -2.43. The summed E-state index contributed by atoms with van der Waals surface area (Å²) in [4.78, 5) is 29.3. The van der Waals surface area contributed by atoms with Crippen molar-refractivity contribution in [3.8, 4) is 11.5 Å². The highest BCUT2D eigenvalue weighted by Gasteiger charge is 2.22. The number of nitrogens with one attached hydrogen (secondary N) is 1. The lowest BCUT2D eigenvalue weighted by molar-refractivity contribution is -0.384. The van der Waals surface area contributed by atoms with Crippen molar-refractivity contribution in [2.24, 2.45) is 5.92 Å². The van der Waals surface area contributed by atoms with Gasteiger partial charge < -0.3 is 15.0 Å². The lowest BCUT2D eigenvalue weighted by atomic mass is 9.97. The highest BCUT2D eigenvalue weighted by Crippen LogP contribution is 2.24. The van der Waals surface area contributed by atoms with Gasteiger partial charge in [0.05, 0.1) is 4.92 Å². The Morgan fingerprint density at radius 3 is 2.76 bits per heavy atom. The van der Waals surface area contributed by atoms with Crippen LogP contribution in [0.3, 0.4) is 0 Å². The molecule has 2 heterocycles. The number of carbonyl (C=O) groups excluding carboxylic acids is 1. The summed E-state index contributed by atoms with van der Waals surface area (Å²) in [5.41, 5.74) is 0.270. The van der Waals surface area contributed by atoms with Crippen molar-refractivity contribution < 1.29 is 14.5 Å². The molecule has 1 aromatic carbocycles. The molecule has 0 bridgehead atoms. The summed E-state index contributed by atoms with van der Waals surface area (Å²) in [6.07, 6.45) is 3.77. The zero-order chi connectivity index (χ0) is 20.8. The normalized spacial score (nSPS) is 17.1. The van der Waals surface area contributed by atoms with Crippen LogP contribution in [0.15, 0.2) is 42.6 Å². The van der Waals surface area contributed by atoms with Gasteiger partial charge in [-0.25, -0.2) is 0 Å². The molecule has 1 aliphatic rings. The third-order valence-electron chi connectivity index (χ3n) is 5.08. The number of rotatable bonds is 7. The number of non-ortho nitro benzene ring substituents is 1. The number of nitrogens with zero attached hydrogens (tertiary/aromatic N) is 3. The van der Waals surface area contributed by atoms with Gasteiger partial charge in [0.1, 0.15) is 17.2 Å². The molecule has 1 amide bonds. The van der Waals surface area contributed by atoms with Gasteiger partial charge >= 0.3 is 0 Å². The Labute approximate surface area is 170 Å². The van der Waals surface area contributed by atoms with Gasteiger partial charge in [0.25, 0.3) is 11.6 Å². The molecule has 1 saturated heterocycles. The maximum absolute atomic E-state index is 12.5. The first kappa shape index (κ1) is 20.7. The average Bonchev–Trinajstić information content (AvgIpc) is 2.73. The van der Waals surface area contributed by atoms with Gasteiger partial charge in [-0.05, 0) is 57.4 Å². The predicted octanol–water partition coefficient (Wildman–Crippen LogP) is 3.63. The van der Waals surface area contributed by atoms with Crippen LogP contribution >= 0.6 is 0 Å². The number of ether oxygens (including phenoxy) is 1. The molecule has 1 aromatic heterocycles. The van der Waals surface area contributed by atoms with Gasteiger partial charge in [0.2, 0.25) is 0 Å². The Hall–Kier alpha value is -3.00. The third-order valence-corrected chi connectivity index (χ3v) is 5.08.